The Kier molecular flexibility index (Phi) is 3.06. The lowest BCUT2D eigenvalue weighted by Crippen LogP contribution is -1.86. The summed E-state index contributed by atoms with van der Waals surface area (Å²) in [6.45, 7) is 2.23. The van der Waals surface area contributed by atoms with Crippen LogP contribution < -0.4 is 0 Å². The Morgan fingerprint density at radius 1 is 1.07 bits per heavy atom. The van der Waals surface area contributed by atoms with Gasteiger partial charge in [-0.25, -0.2) is 0 Å². The van der Waals surface area contributed by atoms with Gasteiger partial charge in [0.15, 0.2) is 0 Å². The molecule has 0 spiro atoms. The van der Waals surface area contributed by atoms with E-state index in [9.17, 15) is 0 Å². The van der Waals surface area contributed by atoms with E-state index in [0.29, 0.717) is 3.92 Å². The van der Waals surface area contributed by atoms with Crippen molar-refractivity contribution >= 4 is 33.4 Å². The van der Waals surface area contributed by atoms with Gasteiger partial charge >= 0.3 is 0 Å². The Labute approximate surface area is 98.5 Å². The van der Waals surface area contributed by atoms with E-state index in [1.165, 1.54) is 22.8 Å². The molecule has 0 aromatic heterocycles. The van der Waals surface area contributed by atoms with Gasteiger partial charge in [-0.1, -0.05) is 72.0 Å². The maximum Gasteiger partial charge on any atom is 0.0357 e. The SMILES string of the molecule is CCC(I)c1ccc2ccccc2c1. The first kappa shape index (κ1) is 9.97. The maximum atomic E-state index is 2.50. The number of hydrogen-bond donors (Lipinski definition) is 0. The summed E-state index contributed by atoms with van der Waals surface area (Å²) in [6.07, 6.45) is 1.19. The van der Waals surface area contributed by atoms with Crippen molar-refractivity contribution in [2.75, 3.05) is 0 Å². The number of rotatable bonds is 2. The van der Waals surface area contributed by atoms with Gasteiger partial charge in [0, 0.05) is 3.92 Å². The molecule has 0 saturated carbocycles. The minimum atomic E-state index is 0.636. The van der Waals surface area contributed by atoms with Gasteiger partial charge in [0.25, 0.3) is 0 Å². The highest BCUT2D eigenvalue weighted by Gasteiger charge is 2.04. The molecule has 0 amide bonds. The second kappa shape index (κ2) is 4.30. The van der Waals surface area contributed by atoms with E-state index in [1.807, 2.05) is 0 Å². The van der Waals surface area contributed by atoms with Gasteiger partial charge in [-0.15, -0.1) is 0 Å². The zero-order chi connectivity index (χ0) is 9.97. The molecule has 0 radical (unpaired) electrons. The number of hydrogen-bond acceptors (Lipinski definition) is 0. The molecule has 2 rings (SSSR count). The Balaban J connectivity index is 2.51. The Bertz CT molecular complexity index is 434. The van der Waals surface area contributed by atoms with Crippen molar-refractivity contribution in [2.24, 2.45) is 0 Å². The lowest BCUT2D eigenvalue weighted by Gasteiger charge is -2.08. The van der Waals surface area contributed by atoms with Crippen LogP contribution >= 0.6 is 22.6 Å². The first-order valence-corrected chi connectivity index (χ1v) is 6.18. The van der Waals surface area contributed by atoms with E-state index in [4.69, 9.17) is 0 Å². The van der Waals surface area contributed by atoms with Crippen molar-refractivity contribution in [3.63, 3.8) is 0 Å². The van der Waals surface area contributed by atoms with Gasteiger partial charge in [-0.3, -0.25) is 0 Å². The van der Waals surface area contributed by atoms with Crippen LogP contribution in [-0.2, 0) is 0 Å². The second-order valence-corrected chi connectivity index (χ2v) is 4.99. The average molecular weight is 296 g/mol. The predicted octanol–water partition coefficient (Wildman–Crippen LogP) is 4.73. The van der Waals surface area contributed by atoms with Gasteiger partial charge in [-0.05, 0) is 22.8 Å². The average Bonchev–Trinajstić information content (AvgIpc) is 2.27. The Morgan fingerprint density at radius 2 is 1.79 bits per heavy atom. The highest BCUT2D eigenvalue weighted by atomic mass is 127. The fourth-order valence-electron chi connectivity index (χ4n) is 1.64. The van der Waals surface area contributed by atoms with Crippen molar-refractivity contribution in [3.8, 4) is 0 Å². The fourth-order valence-corrected chi connectivity index (χ4v) is 2.03. The summed E-state index contributed by atoms with van der Waals surface area (Å²) in [5.41, 5.74) is 1.44. The van der Waals surface area contributed by atoms with Crippen molar-refractivity contribution in [3.05, 3.63) is 48.0 Å². The van der Waals surface area contributed by atoms with Crippen LogP contribution in [0.1, 0.15) is 22.8 Å². The lowest BCUT2D eigenvalue weighted by molar-refractivity contribution is 0.930. The molecule has 1 unspecified atom stereocenters. The van der Waals surface area contributed by atoms with E-state index >= 15 is 0 Å². The Hall–Kier alpha value is -0.570. The first-order chi connectivity index (χ1) is 6.81. The third-order valence-electron chi connectivity index (χ3n) is 2.49. The van der Waals surface area contributed by atoms with Gasteiger partial charge in [0.1, 0.15) is 0 Å². The van der Waals surface area contributed by atoms with Crippen LogP contribution in [0.4, 0.5) is 0 Å². The summed E-state index contributed by atoms with van der Waals surface area (Å²) >= 11 is 2.50. The summed E-state index contributed by atoms with van der Waals surface area (Å²) in [4.78, 5) is 0. The topological polar surface area (TPSA) is 0 Å². The predicted molar refractivity (Wildman–Crippen MR) is 71.0 cm³/mol. The maximum absolute atomic E-state index is 2.50. The summed E-state index contributed by atoms with van der Waals surface area (Å²) in [7, 11) is 0. The summed E-state index contributed by atoms with van der Waals surface area (Å²) in [6, 6.07) is 15.3. The van der Waals surface area contributed by atoms with Gasteiger partial charge in [0.05, 0.1) is 0 Å². The molecule has 1 heteroatoms. The van der Waals surface area contributed by atoms with E-state index < -0.39 is 0 Å². The van der Waals surface area contributed by atoms with Crippen molar-refractivity contribution in [1.82, 2.24) is 0 Å². The molecule has 14 heavy (non-hydrogen) atoms. The van der Waals surface area contributed by atoms with Gasteiger partial charge < -0.3 is 0 Å². The van der Waals surface area contributed by atoms with E-state index in [2.05, 4.69) is 72.0 Å². The molecule has 0 nitrogen and oxygen atoms in total. The van der Waals surface area contributed by atoms with Crippen LogP contribution in [0.25, 0.3) is 10.8 Å². The normalized spacial score (nSPS) is 13.0. The van der Waals surface area contributed by atoms with Crippen molar-refractivity contribution in [1.29, 1.82) is 0 Å². The molecule has 0 aliphatic carbocycles. The third-order valence-corrected chi connectivity index (χ3v) is 4.09. The zero-order valence-corrected chi connectivity index (χ0v) is 10.4. The summed E-state index contributed by atoms with van der Waals surface area (Å²) in [5, 5.41) is 2.68. The molecule has 2 aromatic rings. The molecule has 0 heterocycles. The minimum absolute atomic E-state index is 0.636. The van der Waals surface area contributed by atoms with Crippen LogP contribution in [0.5, 0.6) is 0 Å². The highest BCUT2D eigenvalue weighted by Crippen LogP contribution is 2.28. The van der Waals surface area contributed by atoms with E-state index in [0.717, 1.165) is 0 Å². The molecule has 0 saturated heterocycles. The molecule has 0 aliphatic rings. The van der Waals surface area contributed by atoms with E-state index in [-0.39, 0.29) is 0 Å². The molecule has 72 valence electrons. The summed E-state index contributed by atoms with van der Waals surface area (Å²) in [5.74, 6) is 0. The van der Waals surface area contributed by atoms with Crippen LogP contribution in [0.15, 0.2) is 42.5 Å². The third kappa shape index (κ3) is 1.92. The summed E-state index contributed by atoms with van der Waals surface area (Å²) < 4.78 is 0.636. The molecule has 0 fully saturated rings. The molecule has 0 N–H and O–H groups in total. The monoisotopic (exact) mass is 296 g/mol. The number of fused-ring (bicyclic) bond motifs is 1. The molecule has 1 atom stereocenters. The standard InChI is InChI=1S/C13H13I/c1-2-13(14)12-8-7-10-5-3-4-6-11(10)9-12/h3-9,13H,2H2,1H3. The number of halogens is 1. The van der Waals surface area contributed by atoms with Crippen LogP contribution in [0, 0.1) is 0 Å². The molecular weight excluding hydrogens is 283 g/mol. The van der Waals surface area contributed by atoms with Crippen LogP contribution in [-0.4, -0.2) is 0 Å². The quantitative estimate of drug-likeness (QED) is 0.555. The van der Waals surface area contributed by atoms with Crippen molar-refractivity contribution in [2.45, 2.75) is 17.3 Å². The van der Waals surface area contributed by atoms with Crippen molar-refractivity contribution < 1.29 is 0 Å². The molecule has 0 bridgehead atoms. The van der Waals surface area contributed by atoms with Gasteiger partial charge in [-0.2, -0.15) is 0 Å². The smallest absolute Gasteiger partial charge is 0.0357 e. The second-order valence-electron chi connectivity index (χ2n) is 3.48. The number of alkyl halides is 1. The zero-order valence-electron chi connectivity index (χ0n) is 8.20. The lowest BCUT2D eigenvalue weighted by atomic mass is 10.0. The van der Waals surface area contributed by atoms with Crippen LogP contribution in [0.2, 0.25) is 0 Å². The fraction of sp³-hybridized carbons (Fsp3) is 0.231. The van der Waals surface area contributed by atoms with E-state index in [1.54, 1.807) is 0 Å². The Morgan fingerprint density at radius 3 is 2.50 bits per heavy atom. The minimum Gasteiger partial charge on any atom is -0.0774 e. The molecule has 2 aromatic carbocycles. The van der Waals surface area contributed by atoms with Crippen LogP contribution in [0.3, 0.4) is 0 Å². The molecular formula is C13H13I. The van der Waals surface area contributed by atoms with Gasteiger partial charge in [0.2, 0.25) is 0 Å². The first-order valence-electron chi connectivity index (χ1n) is 4.94. The number of benzene rings is 2. The molecule has 0 aliphatic heterocycles. The highest BCUT2D eigenvalue weighted by molar-refractivity contribution is 14.1. The largest absolute Gasteiger partial charge is 0.0774 e.